The van der Waals surface area contributed by atoms with Crippen LogP contribution in [0.1, 0.15) is 51.3 Å². The fraction of sp³-hybridized carbons (Fsp3) is 0.733. The maximum absolute atomic E-state index is 9.24. The maximum Gasteiger partial charge on any atom is 0.133 e. The number of aryl methyl sites for hydroxylation is 1. The van der Waals surface area contributed by atoms with Gasteiger partial charge >= 0.3 is 0 Å². The van der Waals surface area contributed by atoms with Gasteiger partial charge in [-0.05, 0) is 37.5 Å². The molecule has 1 aliphatic rings. The van der Waals surface area contributed by atoms with E-state index >= 15 is 0 Å². The first-order chi connectivity index (χ1) is 9.02. The van der Waals surface area contributed by atoms with Gasteiger partial charge in [-0.1, -0.05) is 20.8 Å². The first kappa shape index (κ1) is 14.3. The Hall–Kier alpha value is -1.16. The summed E-state index contributed by atoms with van der Waals surface area (Å²) in [6.07, 6.45) is 6.96. The Morgan fingerprint density at radius 3 is 2.68 bits per heavy atom. The number of aliphatic hydroxyl groups excluding tert-OH is 1. The van der Waals surface area contributed by atoms with E-state index in [1.54, 1.807) is 6.33 Å². The Balaban J connectivity index is 2.22. The van der Waals surface area contributed by atoms with Crippen molar-refractivity contribution >= 4 is 5.82 Å². The van der Waals surface area contributed by atoms with Crippen LogP contribution in [0.15, 0.2) is 6.33 Å². The van der Waals surface area contributed by atoms with Gasteiger partial charge in [-0.2, -0.15) is 0 Å². The van der Waals surface area contributed by atoms with E-state index in [-0.39, 0.29) is 18.1 Å². The molecule has 4 nitrogen and oxygen atoms in total. The second-order valence-electron chi connectivity index (χ2n) is 6.43. The minimum Gasteiger partial charge on any atom is -0.396 e. The third-order valence-electron chi connectivity index (χ3n) is 3.90. The summed E-state index contributed by atoms with van der Waals surface area (Å²) in [6.45, 7) is 6.76. The zero-order chi connectivity index (χ0) is 13.9. The summed E-state index contributed by atoms with van der Waals surface area (Å²) in [4.78, 5) is 8.82. The molecule has 0 aromatic carbocycles. The zero-order valence-corrected chi connectivity index (χ0v) is 12.2. The highest BCUT2D eigenvalue weighted by molar-refractivity contribution is 5.48. The van der Waals surface area contributed by atoms with Gasteiger partial charge in [0, 0.05) is 23.9 Å². The Labute approximate surface area is 115 Å². The fourth-order valence-electron chi connectivity index (χ4n) is 2.66. The minimum atomic E-state index is 0.0925. The van der Waals surface area contributed by atoms with Crippen molar-refractivity contribution in [2.24, 2.45) is 5.41 Å². The molecule has 0 saturated carbocycles. The van der Waals surface area contributed by atoms with Gasteiger partial charge in [-0.3, -0.25) is 0 Å². The highest BCUT2D eigenvalue weighted by Crippen LogP contribution is 2.29. The lowest BCUT2D eigenvalue weighted by Gasteiger charge is -2.32. The van der Waals surface area contributed by atoms with Crippen molar-refractivity contribution in [3.05, 3.63) is 17.6 Å². The van der Waals surface area contributed by atoms with Crippen LogP contribution in [0.25, 0.3) is 0 Å². The molecule has 0 saturated heterocycles. The number of nitrogens with one attached hydrogen (secondary N) is 1. The first-order valence-electron chi connectivity index (χ1n) is 7.22. The van der Waals surface area contributed by atoms with Crippen molar-refractivity contribution in [2.45, 2.75) is 58.9 Å². The Morgan fingerprint density at radius 2 is 2.00 bits per heavy atom. The smallest absolute Gasteiger partial charge is 0.133 e. The number of aliphatic hydroxyl groups is 1. The molecule has 106 valence electrons. The molecule has 19 heavy (non-hydrogen) atoms. The summed E-state index contributed by atoms with van der Waals surface area (Å²) in [7, 11) is 0. The van der Waals surface area contributed by atoms with E-state index in [2.05, 4.69) is 36.1 Å². The molecule has 1 aliphatic carbocycles. The van der Waals surface area contributed by atoms with Crippen molar-refractivity contribution in [2.75, 3.05) is 11.9 Å². The molecule has 1 atom stereocenters. The molecule has 1 heterocycles. The van der Waals surface area contributed by atoms with E-state index in [9.17, 15) is 5.11 Å². The van der Waals surface area contributed by atoms with Crippen LogP contribution in [0.5, 0.6) is 0 Å². The molecular formula is C15H25N3O. The summed E-state index contributed by atoms with van der Waals surface area (Å²) in [5.41, 5.74) is 2.57. The van der Waals surface area contributed by atoms with E-state index in [0.717, 1.165) is 25.1 Å². The lowest BCUT2D eigenvalue weighted by molar-refractivity contribution is 0.235. The van der Waals surface area contributed by atoms with Crippen LogP contribution in [0.4, 0.5) is 5.82 Å². The third kappa shape index (κ3) is 3.44. The van der Waals surface area contributed by atoms with Crippen LogP contribution in [0, 0.1) is 5.41 Å². The number of anilines is 1. The van der Waals surface area contributed by atoms with Crippen molar-refractivity contribution in [1.29, 1.82) is 0 Å². The normalized spacial score (nSPS) is 16.8. The van der Waals surface area contributed by atoms with Gasteiger partial charge < -0.3 is 10.4 Å². The molecule has 4 heteroatoms. The number of hydrogen-bond donors (Lipinski definition) is 2. The largest absolute Gasteiger partial charge is 0.396 e. The average Bonchev–Trinajstić information content (AvgIpc) is 2.37. The predicted octanol–water partition coefficient (Wildman–Crippen LogP) is 2.56. The van der Waals surface area contributed by atoms with Crippen LogP contribution in [-0.2, 0) is 12.8 Å². The summed E-state index contributed by atoms with van der Waals surface area (Å²) >= 11 is 0. The zero-order valence-electron chi connectivity index (χ0n) is 12.2. The van der Waals surface area contributed by atoms with Crippen molar-refractivity contribution in [1.82, 2.24) is 9.97 Å². The number of rotatable bonds is 4. The van der Waals surface area contributed by atoms with Crippen LogP contribution < -0.4 is 5.32 Å². The number of nitrogens with zero attached hydrogens (tertiary/aromatic N) is 2. The molecular weight excluding hydrogens is 238 g/mol. The molecule has 1 unspecified atom stereocenters. The molecule has 1 aromatic rings. The third-order valence-corrected chi connectivity index (χ3v) is 3.90. The molecule has 2 N–H and O–H groups in total. The van der Waals surface area contributed by atoms with Gasteiger partial charge in [-0.15, -0.1) is 0 Å². The second-order valence-corrected chi connectivity index (χ2v) is 6.43. The molecule has 0 amide bonds. The van der Waals surface area contributed by atoms with Crippen LogP contribution in [0.3, 0.4) is 0 Å². The average molecular weight is 263 g/mol. The minimum absolute atomic E-state index is 0.0925. The summed E-state index contributed by atoms with van der Waals surface area (Å²) in [5, 5.41) is 12.8. The van der Waals surface area contributed by atoms with Crippen LogP contribution in [0.2, 0.25) is 0 Å². The summed E-state index contributed by atoms with van der Waals surface area (Å²) < 4.78 is 0. The summed E-state index contributed by atoms with van der Waals surface area (Å²) in [6, 6.07) is 0.221. The quantitative estimate of drug-likeness (QED) is 0.876. The van der Waals surface area contributed by atoms with Gasteiger partial charge in [0.1, 0.15) is 12.1 Å². The maximum atomic E-state index is 9.24. The fourth-order valence-corrected chi connectivity index (χ4v) is 2.66. The molecule has 0 radical (unpaired) electrons. The van der Waals surface area contributed by atoms with E-state index < -0.39 is 0 Å². The highest BCUT2D eigenvalue weighted by atomic mass is 16.3. The SMILES string of the molecule is CC(C)(C)C(CCO)Nc1ncnc2c1CCCC2. The number of aromatic nitrogens is 2. The van der Waals surface area contributed by atoms with Crippen molar-refractivity contribution in [3.63, 3.8) is 0 Å². The molecule has 2 rings (SSSR count). The van der Waals surface area contributed by atoms with Gasteiger partial charge in [0.15, 0.2) is 0 Å². The van der Waals surface area contributed by atoms with Crippen molar-refractivity contribution in [3.8, 4) is 0 Å². The number of fused-ring (bicyclic) bond motifs is 1. The van der Waals surface area contributed by atoms with Gasteiger partial charge in [-0.25, -0.2) is 9.97 Å². The lowest BCUT2D eigenvalue weighted by atomic mass is 9.84. The molecule has 0 bridgehead atoms. The predicted molar refractivity (Wildman–Crippen MR) is 77.2 cm³/mol. The van der Waals surface area contributed by atoms with Crippen LogP contribution >= 0.6 is 0 Å². The highest BCUT2D eigenvalue weighted by Gasteiger charge is 2.26. The number of hydrogen-bond acceptors (Lipinski definition) is 4. The standard InChI is InChI=1S/C15H25N3O/c1-15(2,3)13(8-9-19)18-14-11-6-4-5-7-12(11)16-10-17-14/h10,13,19H,4-9H2,1-3H3,(H,16,17,18). The molecule has 0 fully saturated rings. The van der Waals surface area contributed by atoms with E-state index in [1.165, 1.54) is 24.1 Å². The Morgan fingerprint density at radius 1 is 1.26 bits per heavy atom. The topological polar surface area (TPSA) is 58.0 Å². The Bertz CT molecular complexity index is 426. The molecule has 0 spiro atoms. The summed E-state index contributed by atoms with van der Waals surface area (Å²) in [5.74, 6) is 0.970. The first-order valence-corrected chi connectivity index (χ1v) is 7.22. The molecule has 1 aromatic heterocycles. The molecule has 0 aliphatic heterocycles. The van der Waals surface area contributed by atoms with E-state index in [1.807, 2.05) is 0 Å². The van der Waals surface area contributed by atoms with E-state index in [4.69, 9.17) is 0 Å². The monoisotopic (exact) mass is 263 g/mol. The van der Waals surface area contributed by atoms with Crippen molar-refractivity contribution < 1.29 is 5.11 Å². The van der Waals surface area contributed by atoms with Gasteiger partial charge in [0.2, 0.25) is 0 Å². The van der Waals surface area contributed by atoms with E-state index in [0.29, 0.717) is 0 Å². The lowest BCUT2D eigenvalue weighted by Crippen LogP contribution is -2.35. The second kappa shape index (κ2) is 5.87. The van der Waals surface area contributed by atoms with Crippen LogP contribution in [-0.4, -0.2) is 27.7 Å². The Kier molecular flexibility index (Phi) is 4.40. The van der Waals surface area contributed by atoms with Gasteiger partial charge in [0.25, 0.3) is 0 Å². The van der Waals surface area contributed by atoms with Gasteiger partial charge in [0.05, 0.1) is 0 Å².